The first-order valence-electron chi connectivity index (χ1n) is 8.81. The van der Waals surface area contributed by atoms with Crippen LogP contribution in [0.1, 0.15) is 16.7 Å². The molecule has 1 aliphatic heterocycles. The topological polar surface area (TPSA) is 12.5 Å². The normalized spacial score (nSPS) is 12.5. The molecule has 0 spiro atoms. The van der Waals surface area contributed by atoms with Crippen LogP contribution in [-0.4, -0.2) is 13.7 Å². The van der Waals surface area contributed by atoms with Gasteiger partial charge in [-0.15, -0.1) is 0 Å². The maximum absolute atomic E-state index is 5.25. The summed E-state index contributed by atoms with van der Waals surface area (Å²) in [6, 6.07) is 24.0. The fraction of sp³-hybridized carbons (Fsp3) is 0.217. The Labute approximate surface area is 149 Å². The molecule has 0 atom stereocenters. The first-order chi connectivity index (χ1) is 12.2. The van der Waals surface area contributed by atoms with Gasteiger partial charge in [-0.3, -0.25) is 0 Å². The van der Waals surface area contributed by atoms with Crippen LogP contribution in [0.15, 0.2) is 66.7 Å². The SMILES string of the molecule is COc1ccc(CCN2Cc3ccccc3-c3ccc(C)cc32)cc1. The number of ether oxygens (including phenoxy) is 1. The highest BCUT2D eigenvalue weighted by Gasteiger charge is 2.21. The Morgan fingerprint density at radius 1 is 0.920 bits per heavy atom. The molecule has 0 aromatic heterocycles. The van der Waals surface area contributed by atoms with Gasteiger partial charge in [-0.1, -0.05) is 48.5 Å². The number of nitrogens with zero attached hydrogens (tertiary/aromatic N) is 1. The number of benzene rings is 3. The Bertz CT molecular complexity index is 883. The third kappa shape index (κ3) is 3.12. The number of hydrogen-bond donors (Lipinski definition) is 0. The Morgan fingerprint density at radius 3 is 2.52 bits per heavy atom. The zero-order valence-corrected chi connectivity index (χ0v) is 14.8. The molecule has 1 heterocycles. The van der Waals surface area contributed by atoms with Crippen molar-refractivity contribution in [2.24, 2.45) is 0 Å². The summed E-state index contributed by atoms with van der Waals surface area (Å²) >= 11 is 0. The van der Waals surface area contributed by atoms with Crippen molar-refractivity contribution in [2.45, 2.75) is 19.9 Å². The second kappa shape index (κ2) is 6.64. The molecule has 0 fully saturated rings. The molecule has 0 amide bonds. The molecule has 2 nitrogen and oxygen atoms in total. The average Bonchev–Trinajstić information content (AvgIpc) is 2.66. The zero-order chi connectivity index (χ0) is 17.2. The Morgan fingerprint density at radius 2 is 1.72 bits per heavy atom. The van der Waals surface area contributed by atoms with Gasteiger partial charge in [0.2, 0.25) is 0 Å². The number of fused-ring (bicyclic) bond motifs is 3. The summed E-state index contributed by atoms with van der Waals surface area (Å²) in [6.07, 6.45) is 1.03. The van der Waals surface area contributed by atoms with Gasteiger partial charge in [0, 0.05) is 24.3 Å². The smallest absolute Gasteiger partial charge is 0.118 e. The van der Waals surface area contributed by atoms with E-state index in [4.69, 9.17) is 4.74 Å². The van der Waals surface area contributed by atoms with E-state index < -0.39 is 0 Å². The summed E-state index contributed by atoms with van der Waals surface area (Å²) in [6.45, 7) is 4.16. The summed E-state index contributed by atoms with van der Waals surface area (Å²) in [5.41, 5.74) is 8.14. The molecule has 0 radical (unpaired) electrons. The van der Waals surface area contributed by atoms with Gasteiger partial charge in [0.1, 0.15) is 5.75 Å². The van der Waals surface area contributed by atoms with Crippen molar-refractivity contribution in [3.63, 3.8) is 0 Å². The molecule has 0 N–H and O–H groups in total. The lowest BCUT2D eigenvalue weighted by atomic mass is 9.92. The fourth-order valence-electron chi connectivity index (χ4n) is 3.60. The minimum Gasteiger partial charge on any atom is -0.497 e. The number of anilines is 1. The van der Waals surface area contributed by atoms with Crippen molar-refractivity contribution in [1.29, 1.82) is 0 Å². The second-order valence-electron chi connectivity index (χ2n) is 6.70. The molecular weight excluding hydrogens is 306 g/mol. The van der Waals surface area contributed by atoms with Crippen molar-refractivity contribution >= 4 is 5.69 Å². The Hall–Kier alpha value is -2.74. The number of hydrogen-bond acceptors (Lipinski definition) is 2. The van der Waals surface area contributed by atoms with Crippen LogP contribution in [0.25, 0.3) is 11.1 Å². The van der Waals surface area contributed by atoms with Crippen LogP contribution in [0.4, 0.5) is 5.69 Å². The molecule has 0 bridgehead atoms. The summed E-state index contributed by atoms with van der Waals surface area (Å²) < 4.78 is 5.25. The summed E-state index contributed by atoms with van der Waals surface area (Å²) in [7, 11) is 1.71. The maximum Gasteiger partial charge on any atom is 0.118 e. The van der Waals surface area contributed by atoms with Crippen molar-refractivity contribution in [2.75, 3.05) is 18.6 Å². The largest absolute Gasteiger partial charge is 0.497 e. The van der Waals surface area contributed by atoms with Crippen LogP contribution in [0.2, 0.25) is 0 Å². The molecule has 3 aromatic carbocycles. The molecule has 126 valence electrons. The van der Waals surface area contributed by atoms with Crippen molar-refractivity contribution < 1.29 is 4.74 Å². The van der Waals surface area contributed by atoms with Gasteiger partial charge in [-0.05, 0) is 53.8 Å². The minimum absolute atomic E-state index is 0.914. The predicted octanol–water partition coefficient (Wildman–Crippen LogP) is 5.23. The van der Waals surface area contributed by atoms with E-state index in [1.54, 1.807) is 7.11 Å². The number of methoxy groups -OCH3 is 1. The average molecular weight is 329 g/mol. The van der Waals surface area contributed by atoms with E-state index in [0.717, 1.165) is 25.3 Å². The van der Waals surface area contributed by atoms with Crippen LogP contribution >= 0.6 is 0 Å². The van der Waals surface area contributed by atoms with Gasteiger partial charge in [-0.25, -0.2) is 0 Å². The molecule has 25 heavy (non-hydrogen) atoms. The summed E-state index contributed by atoms with van der Waals surface area (Å²) in [5.74, 6) is 0.914. The van der Waals surface area contributed by atoms with Gasteiger partial charge in [0.25, 0.3) is 0 Å². The standard InChI is InChI=1S/C23H23NO/c1-17-7-12-22-21-6-4-3-5-19(21)16-24(23(22)15-17)14-13-18-8-10-20(25-2)11-9-18/h3-12,15H,13-14,16H2,1-2H3. The highest BCUT2D eigenvalue weighted by molar-refractivity contribution is 5.84. The van der Waals surface area contributed by atoms with Crippen molar-refractivity contribution in [1.82, 2.24) is 0 Å². The van der Waals surface area contributed by atoms with Crippen molar-refractivity contribution in [3.05, 3.63) is 83.4 Å². The summed E-state index contributed by atoms with van der Waals surface area (Å²) in [5, 5.41) is 0. The highest BCUT2D eigenvalue weighted by atomic mass is 16.5. The molecule has 2 heteroatoms. The van der Waals surface area contributed by atoms with E-state index >= 15 is 0 Å². The maximum atomic E-state index is 5.25. The molecule has 0 aliphatic carbocycles. The van der Waals surface area contributed by atoms with Gasteiger partial charge >= 0.3 is 0 Å². The first kappa shape index (κ1) is 15.8. The molecular formula is C23H23NO. The van der Waals surface area contributed by atoms with E-state index in [-0.39, 0.29) is 0 Å². The lowest BCUT2D eigenvalue weighted by molar-refractivity contribution is 0.414. The monoisotopic (exact) mass is 329 g/mol. The number of aryl methyl sites for hydroxylation is 1. The molecule has 3 aromatic rings. The number of rotatable bonds is 4. The molecule has 0 saturated heterocycles. The Kier molecular flexibility index (Phi) is 4.19. The molecule has 1 aliphatic rings. The van der Waals surface area contributed by atoms with E-state index in [1.807, 2.05) is 12.1 Å². The lowest BCUT2D eigenvalue weighted by Crippen LogP contribution is -2.28. The van der Waals surface area contributed by atoms with Gasteiger partial charge < -0.3 is 9.64 Å². The van der Waals surface area contributed by atoms with Crippen molar-refractivity contribution in [3.8, 4) is 16.9 Å². The lowest BCUT2D eigenvalue weighted by Gasteiger charge is -2.33. The molecule has 0 saturated carbocycles. The van der Waals surface area contributed by atoms with Crippen LogP contribution in [0, 0.1) is 6.92 Å². The van der Waals surface area contributed by atoms with Gasteiger partial charge in [-0.2, -0.15) is 0 Å². The second-order valence-corrected chi connectivity index (χ2v) is 6.70. The third-order valence-electron chi connectivity index (χ3n) is 4.99. The predicted molar refractivity (Wildman–Crippen MR) is 104 cm³/mol. The van der Waals surface area contributed by atoms with Crippen LogP contribution in [0.5, 0.6) is 5.75 Å². The van der Waals surface area contributed by atoms with Crippen LogP contribution < -0.4 is 9.64 Å². The third-order valence-corrected chi connectivity index (χ3v) is 4.99. The van der Waals surface area contributed by atoms with Gasteiger partial charge in [0.15, 0.2) is 0 Å². The van der Waals surface area contributed by atoms with E-state index in [2.05, 4.69) is 66.4 Å². The summed E-state index contributed by atoms with van der Waals surface area (Å²) in [4.78, 5) is 2.51. The van der Waals surface area contributed by atoms with Gasteiger partial charge in [0.05, 0.1) is 7.11 Å². The highest BCUT2D eigenvalue weighted by Crippen LogP contribution is 2.39. The molecule has 0 unspecified atom stereocenters. The zero-order valence-electron chi connectivity index (χ0n) is 14.8. The van der Waals surface area contributed by atoms with Crippen LogP contribution in [0.3, 0.4) is 0 Å². The van der Waals surface area contributed by atoms with E-state index in [9.17, 15) is 0 Å². The Balaban J connectivity index is 1.61. The quantitative estimate of drug-likeness (QED) is 0.649. The first-order valence-corrected chi connectivity index (χ1v) is 8.81. The minimum atomic E-state index is 0.914. The fourth-order valence-corrected chi connectivity index (χ4v) is 3.60. The van der Waals surface area contributed by atoms with E-state index in [0.29, 0.717) is 0 Å². The van der Waals surface area contributed by atoms with Crippen LogP contribution in [-0.2, 0) is 13.0 Å². The molecule has 4 rings (SSSR count). The van der Waals surface area contributed by atoms with E-state index in [1.165, 1.54) is 33.5 Å².